The van der Waals surface area contributed by atoms with Crippen molar-refractivity contribution in [2.45, 2.75) is 44.3 Å². The number of halogens is 2. The highest BCUT2D eigenvalue weighted by molar-refractivity contribution is 6.05. The van der Waals surface area contributed by atoms with Gasteiger partial charge in [0.2, 0.25) is 11.8 Å². The zero-order valence-corrected chi connectivity index (χ0v) is 16.5. The molecule has 9 heteroatoms. The lowest BCUT2D eigenvalue weighted by Crippen LogP contribution is -2.52. The van der Waals surface area contributed by atoms with Crippen molar-refractivity contribution in [3.63, 3.8) is 0 Å². The fourth-order valence-electron chi connectivity index (χ4n) is 3.87. The number of benzene rings is 1. The number of nitrogens with zero attached hydrogens (tertiary/aromatic N) is 1. The molecule has 7 nitrogen and oxygen atoms in total. The van der Waals surface area contributed by atoms with Gasteiger partial charge in [0.05, 0.1) is 0 Å². The van der Waals surface area contributed by atoms with Gasteiger partial charge in [-0.1, -0.05) is 0 Å². The summed E-state index contributed by atoms with van der Waals surface area (Å²) in [5.74, 6) is -0.762. The smallest absolute Gasteiger partial charge is 0.255 e. The van der Waals surface area contributed by atoms with Gasteiger partial charge >= 0.3 is 0 Å². The van der Waals surface area contributed by atoms with Crippen LogP contribution in [0.3, 0.4) is 0 Å². The van der Waals surface area contributed by atoms with E-state index in [0.29, 0.717) is 24.6 Å². The predicted molar refractivity (Wildman–Crippen MR) is 106 cm³/mol. The van der Waals surface area contributed by atoms with Crippen molar-refractivity contribution in [1.82, 2.24) is 15.5 Å². The quantitative estimate of drug-likeness (QED) is 0.651. The molecule has 0 bridgehead atoms. The molecule has 1 aromatic carbocycles. The summed E-state index contributed by atoms with van der Waals surface area (Å²) < 4.78 is 0. The van der Waals surface area contributed by atoms with Crippen LogP contribution in [0.4, 0.5) is 5.69 Å². The van der Waals surface area contributed by atoms with E-state index < -0.39 is 6.04 Å². The minimum absolute atomic E-state index is 0. The van der Waals surface area contributed by atoms with E-state index >= 15 is 0 Å². The highest BCUT2D eigenvalue weighted by atomic mass is 35.5. The minimum atomic E-state index is -0.557. The molecule has 1 aromatic rings. The largest absolute Gasteiger partial charge is 0.382 e. The van der Waals surface area contributed by atoms with Gasteiger partial charge in [-0.25, -0.2) is 0 Å². The Morgan fingerprint density at radius 1 is 1.04 bits per heavy atom. The molecular formula is C18H24Cl2N4O3. The number of hydrogen-bond donors (Lipinski definition) is 3. The van der Waals surface area contributed by atoms with E-state index in [1.165, 1.54) is 0 Å². The first-order valence-electron chi connectivity index (χ1n) is 8.86. The molecule has 27 heavy (non-hydrogen) atoms. The lowest BCUT2D eigenvalue weighted by Gasteiger charge is -2.29. The number of piperidine rings is 2. The molecule has 0 spiro atoms. The normalized spacial score (nSPS) is 22.4. The molecule has 3 aliphatic rings. The van der Waals surface area contributed by atoms with Crippen molar-refractivity contribution >= 4 is 48.2 Å². The zero-order valence-electron chi connectivity index (χ0n) is 14.8. The van der Waals surface area contributed by atoms with Crippen LogP contribution in [0.15, 0.2) is 18.2 Å². The average Bonchev–Trinajstić information content (AvgIpc) is 2.92. The average molecular weight is 415 g/mol. The van der Waals surface area contributed by atoms with E-state index in [1.54, 1.807) is 4.90 Å². The Morgan fingerprint density at radius 2 is 1.78 bits per heavy atom. The molecule has 3 aliphatic heterocycles. The maximum atomic E-state index is 12.7. The second-order valence-corrected chi connectivity index (χ2v) is 6.94. The summed E-state index contributed by atoms with van der Waals surface area (Å²) in [4.78, 5) is 37.6. The van der Waals surface area contributed by atoms with Crippen LogP contribution in [0.25, 0.3) is 0 Å². The molecule has 1 atom stereocenters. The molecular weight excluding hydrogens is 391 g/mol. The molecule has 3 amide bonds. The zero-order chi connectivity index (χ0) is 17.4. The van der Waals surface area contributed by atoms with Gasteiger partial charge < -0.3 is 15.5 Å². The minimum Gasteiger partial charge on any atom is -0.382 e. The van der Waals surface area contributed by atoms with Crippen LogP contribution in [-0.4, -0.2) is 47.8 Å². The van der Waals surface area contributed by atoms with Crippen molar-refractivity contribution in [1.29, 1.82) is 0 Å². The molecule has 0 aliphatic carbocycles. The molecule has 0 saturated carbocycles. The van der Waals surface area contributed by atoms with Gasteiger partial charge in [-0.15, -0.1) is 24.8 Å². The Balaban J connectivity index is 0.00000131. The number of amides is 3. The monoisotopic (exact) mass is 414 g/mol. The lowest BCUT2D eigenvalue weighted by molar-refractivity contribution is -0.136. The van der Waals surface area contributed by atoms with Gasteiger partial charge in [-0.3, -0.25) is 19.7 Å². The van der Waals surface area contributed by atoms with Gasteiger partial charge in [0.15, 0.2) is 0 Å². The molecule has 2 fully saturated rings. The topological polar surface area (TPSA) is 90.5 Å². The van der Waals surface area contributed by atoms with E-state index in [1.807, 2.05) is 18.2 Å². The number of carbonyl (C=O) groups excluding carboxylic acids is 3. The van der Waals surface area contributed by atoms with Gasteiger partial charge in [-0.05, 0) is 56.1 Å². The fraction of sp³-hybridized carbons (Fsp3) is 0.500. The van der Waals surface area contributed by atoms with E-state index in [2.05, 4.69) is 16.0 Å². The Labute approximate surface area is 170 Å². The van der Waals surface area contributed by atoms with Gasteiger partial charge in [0.25, 0.3) is 5.91 Å². The van der Waals surface area contributed by atoms with Crippen molar-refractivity contribution in [2.24, 2.45) is 0 Å². The van der Waals surface area contributed by atoms with Crippen molar-refractivity contribution in [2.75, 3.05) is 18.4 Å². The molecule has 0 radical (unpaired) electrons. The Bertz CT molecular complexity index is 737. The molecule has 3 heterocycles. The second kappa shape index (κ2) is 8.91. The fourth-order valence-corrected chi connectivity index (χ4v) is 3.87. The first-order valence-corrected chi connectivity index (χ1v) is 8.86. The summed E-state index contributed by atoms with van der Waals surface area (Å²) >= 11 is 0. The van der Waals surface area contributed by atoms with Gasteiger partial charge in [0, 0.05) is 30.3 Å². The van der Waals surface area contributed by atoms with Crippen LogP contribution in [-0.2, 0) is 16.1 Å². The highest BCUT2D eigenvalue weighted by Crippen LogP contribution is 2.29. The van der Waals surface area contributed by atoms with Gasteiger partial charge in [-0.2, -0.15) is 0 Å². The maximum Gasteiger partial charge on any atom is 0.255 e. The van der Waals surface area contributed by atoms with Crippen LogP contribution in [0.1, 0.15) is 41.6 Å². The SMILES string of the molecule is Cl.Cl.O=C1CCC(N2Cc3cc(NC4CCNCC4)ccc3C2=O)C(=O)N1. The number of hydrogen-bond acceptors (Lipinski definition) is 5. The van der Waals surface area contributed by atoms with Crippen LogP contribution in [0.5, 0.6) is 0 Å². The third-order valence-corrected chi connectivity index (χ3v) is 5.23. The van der Waals surface area contributed by atoms with Crippen LogP contribution < -0.4 is 16.0 Å². The van der Waals surface area contributed by atoms with E-state index in [4.69, 9.17) is 0 Å². The number of nitrogens with one attached hydrogen (secondary N) is 3. The number of anilines is 1. The van der Waals surface area contributed by atoms with Gasteiger partial charge in [0.1, 0.15) is 6.04 Å². The summed E-state index contributed by atoms with van der Waals surface area (Å²) in [5, 5.41) is 9.21. The highest BCUT2D eigenvalue weighted by Gasteiger charge is 2.39. The molecule has 2 saturated heterocycles. The molecule has 148 valence electrons. The standard InChI is InChI=1S/C18H22N4O3.2ClH/c23-16-4-3-15(17(24)21-16)22-10-11-9-13(1-2-14(11)18(22)25)20-12-5-7-19-8-6-12;;/h1-2,9,12,15,19-20H,3-8,10H2,(H,21,23,24);2*1H. The van der Waals surface area contributed by atoms with E-state index in [9.17, 15) is 14.4 Å². The number of carbonyl (C=O) groups is 3. The Kier molecular flexibility index (Phi) is 7.08. The van der Waals surface area contributed by atoms with Crippen LogP contribution in [0.2, 0.25) is 0 Å². The van der Waals surface area contributed by atoms with E-state index in [-0.39, 0.29) is 49.0 Å². The number of rotatable bonds is 3. The van der Waals surface area contributed by atoms with Crippen LogP contribution >= 0.6 is 24.8 Å². The number of fused-ring (bicyclic) bond motifs is 1. The number of imide groups is 1. The Morgan fingerprint density at radius 3 is 2.48 bits per heavy atom. The molecule has 4 rings (SSSR count). The summed E-state index contributed by atoms with van der Waals surface area (Å²) in [6, 6.07) is 5.68. The van der Waals surface area contributed by atoms with Crippen molar-refractivity contribution in [3.05, 3.63) is 29.3 Å². The maximum absolute atomic E-state index is 12.7. The lowest BCUT2D eigenvalue weighted by atomic mass is 10.0. The Hall–Kier alpha value is -1.83. The van der Waals surface area contributed by atoms with Crippen molar-refractivity contribution in [3.8, 4) is 0 Å². The van der Waals surface area contributed by atoms with E-state index in [0.717, 1.165) is 37.2 Å². The first-order chi connectivity index (χ1) is 12.1. The van der Waals surface area contributed by atoms with Crippen LogP contribution in [0, 0.1) is 0 Å². The molecule has 1 unspecified atom stereocenters. The molecule has 3 N–H and O–H groups in total. The summed E-state index contributed by atoms with van der Waals surface area (Å²) in [6.07, 6.45) is 2.83. The predicted octanol–water partition coefficient (Wildman–Crippen LogP) is 1.46. The second-order valence-electron chi connectivity index (χ2n) is 6.94. The third kappa shape index (κ3) is 4.36. The first kappa shape index (κ1) is 21.5. The summed E-state index contributed by atoms with van der Waals surface area (Å²) in [5.41, 5.74) is 2.61. The summed E-state index contributed by atoms with van der Waals surface area (Å²) in [7, 11) is 0. The molecule has 0 aromatic heterocycles. The van der Waals surface area contributed by atoms with Crippen molar-refractivity contribution < 1.29 is 14.4 Å². The third-order valence-electron chi connectivity index (χ3n) is 5.23. The summed E-state index contributed by atoms with van der Waals surface area (Å²) in [6.45, 7) is 2.46.